The lowest BCUT2D eigenvalue weighted by molar-refractivity contribution is 1.25. The number of benzene rings is 1. The molecule has 1 aromatic carbocycles. The van der Waals surface area contributed by atoms with Crippen molar-refractivity contribution in [2.45, 2.75) is 6.92 Å². The van der Waals surface area contributed by atoms with Crippen LogP contribution in [0.4, 0.5) is 0 Å². The first-order chi connectivity index (χ1) is 8.86. The Morgan fingerprint density at radius 3 is 2.67 bits per heavy atom. The lowest BCUT2D eigenvalue weighted by Gasteiger charge is -1.90. The Labute approximate surface area is 111 Å². The summed E-state index contributed by atoms with van der Waals surface area (Å²) in [6.07, 6.45) is 5.59. The van der Waals surface area contributed by atoms with Crippen LogP contribution in [0.3, 0.4) is 0 Å². The monoisotopic (exact) mass is 254 g/mol. The van der Waals surface area contributed by atoms with Crippen LogP contribution >= 0.6 is 11.3 Å². The third-order valence-corrected chi connectivity index (χ3v) is 3.31. The minimum atomic E-state index is 0.939. The van der Waals surface area contributed by atoms with E-state index in [0.29, 0.717) is 0 Å². The third-order valence-electron chi connectivity index (χ3n) is 2.33. The number of rotatable bonds is 4. The molecule has 0 amide bonds. The first-order valence-electron chi connectivity index (χ1n) is 5.69. The van der Waals surface area contributed by atoms with Crippen molar-refractivity contribution in [2.24, 2.45) is 10.2 Å². The number of thiophene rings is 1. The Morgan fingerprint density at radius 1 is 1.11 bits per heavy atom. The molecule has 0 spiro atoms. The molecule has 90 valence electrons. The van der Waals surface area contributed by atoms with E-state index < -0.39 is 0 Å². The normalized spacial score (nSPS) is 12.6. The van der Waals surface area contributed by atoms with Crippen LogP contribution in [0.5, 0.6) is 0 Å². The van der Waals surface area contributed by atoms with Gasteiger partial charge in [0.25, 0.3) is 0 Å². The van der Waals surface area contributed by atoms with Crippen LogP contribution in [0.15, 0.2) is 64.1 Å². The highest BCUT2D eigenvalue weighted by molar-refractivity contribution is 7.12. The topological polar surface area (TPSA) is 24.7 Å². The summed E-state index contributed by atoms with van der Waals surface area (Å²) < 4.78 is 0. The first-order valence-corrected chi connectivity index (χ1v) is 6.57. The van der Waals surface area contributed by atoms with Crippen molar-refractivity contribution in [1.29, 1.82) is 0 Å². The molecule has 0 saturated carbocycles. The number of hydrogen-bond donors (Lipinski definition) is 0. The summed E-state index contributed by atoms with van der Waals surface area (Å²) in [5.74, 6) is 0. The first kappa shape index (κ1) is 12.5. The average Bonchev–Trinajstić information content (AvgIpc) is 2.93. The molecular formula is C15H14N2S. The molecule has 18 heavy (non-hydrogen) atoms. The Kier molecular flexibility index (Phi) is 4.61. The predicted molar refractivity (Wildman–Crippen MR) is 80.5 cm³/mol. The zero-order chi connectivity index (χ0) is 12.6. The van der Waals surface area contributed by atoms with Gasteiger partial charge >= 0.3 is 0 Å². The van der Waals surface area contributed by atoms with E-state index in [4.69, 9.17) is 0 Å². The smallest absolute Gasteiger partial charge is 0.0771 e. The van der Waals surface area contributed by atoms with Crippen molar-refractivity contribution >= 4 is 29.3 Å². The second-order valence-corrected chi connectivity index (χ2v) is 4.64. The lowest BCUT2D eigenvalue weighted by Crippen LogP contribution is -1.87. The summed E-state index contributed by atoms with van der Waals surface area (Å²) in [4.78, 5) is 1.15. The van der Waals surface area contributed by atoms with Crippen molar-refractivity contribution in [3.63, 3.8) is 0 Å². The van der Waals surface area contributed by atoms with Gasteiger partial charge in [-0.1, -0.05) is 42.5 Å². The molecule has 0 aliphatic heterocycles. The Morgan fingerprint density at radius 2 is 1.94 bits per heavy atom. The molecule has 2 rings (SSSR count). The number of allylic oxidation sites excluding steroid dienone is 1. The molecule has 0 unspecified atom stereocenters. The van der Waals surface area contributed by atoms with Gasteiger partial charge in [-0.15, -0.1) is 11.3 Å². The summed E-state index contributed by atoms with van der Waals surface area (Å²) in [6.45, 7) is 1.96. The quantitative estimate of drug-likeness (QED) is 0.575. The highest BCUT2D eigenvalue weighted by Gasteiger charge is 1.95. The molecule has 0 bridgehead atoms. The molecule has 1 heterocycles. The van der Waals surface area contributed by atoms with E-state index >= 15 is 0 Å². The fraction of sp³-hybridized carbons (Fsp3) is 0.0667. The Balaban J connectivity index is 1.93. The molecule has 0 N–H and O–H groups in total. The zero-order valence-corrected chi connectivity index (χ0v) is 11.0. The minimum absolute atomic E-state index is 0.939. The molecule has 2 nitrogen and oxygen atoms in total. The van der Waals surface area contributed by atoms with Crippen LogP contribution in [0, 0.1) is 0 Å². The van der Waals surface area contributed by atoms with Gasteiger partial charge in [0.2, 0.25) is 0 Å². The molecule has 1 aromatic heterocycles. The van der Waals surface area contributed by atoms with Gasteiger partial charge in [0.15, 0.2) is 0 Å². The van der Waals surface area contributed by atoms with Gasteiger partial charge in [-0.3, -0.25) is 0 Å². The van der Waals surface area contributed by atoms with Crippen molar-refractivity contribution in [1.82, 2.24) is 0 Å². The van der Waals surface area contributed by atoms with Crippen molar-refractivity contribution in [2.75, 3.05) is 0 Å². The molecule has 0 saturated heterocycles. The molecule has 3 heteroatoms. The Bertz CT molecular complexity index is 551. The summed E-state index contributed by atoms with van der Waals surface area (Å²) in [6, 6.07) is 14.2. The van der Waals surface area contributed by atoms with E-state index in [1.807, 2.05) is 66.9 Å². The summed E-state index contributed by atoms with van der Waals surface area (Å²) in [7, 11) is 0. The van der Waals surface area contributed by atoms with Crippen LogP contribution < -0.4 is 0 Å². The molecule has 0 fully saturated rings. The fourth-order valence-electron chi connectivity index (χ4n) is 1.41. The highest BCUT2D eigenvalue weighted by atomic mass is 32.1. The maximum atomic E-state index is 4.14. The average molecular weight is 254 g/mol. The van der Waals surface area contributed by atoms with Gasteiger partial charge in [-0.25, -0.2) is 0 Å². The van der Waals surface area contributed by atoms with Crippen LogP contribution in [0.25, 0.3) is 6.08 Å². The van der Waals surface area contributed by atoms with Crippen LogP contribution in [0.2, 0.25) is 0 Å². The van der Waals surface area contributed by atoms with Gasteiger partial charge in [-0.05, 0) is 30.0 Å². The van der Waals surface area contributed by atoms with Crippen LogP contribution in [0.1, 0.15) is 17.4 Å². The molecule has 2 aromatic rings. The minimum Gasteiger partial charge on any atom is -0.159 e. The predicted octanol–water partition coefficient (Wildman–Crippen LogP) is 4.26. The molecule has 0 aliphatic carbocycles. The van der Waals surface area contributed by atoms with Gasteiger partial charge < -0.3 is 0 Å². The molecule has 0 atom stereocenters. The summed E-state index contributed by atoms with van der Waals surface area (Å²) >= 11 is 1.67. The van der Waals surface area contributed by atoms with Gasteiger partial charge in [0.1, 0.15) is 0 Å². The molecule has 0 aliphatic rings. The van der Waals surface area contributed by atoms with Crippen molar-refractivity contribution in [3.05, 3.63) is 64.4 Å². The molecular weight excluding hydrogens is 240 g/mol. The van der Waals surface area contributed by atoms with E-state index in [1.54, 1.807) is 17.6 Å². The second kappa shape index (κ2) is 6.67. The van der Waals surface area contributed by atoms with E-state index in [1.165, 1.54) is 0 Å². The number of nitrogens with zero attached hydrogens (tertiary/aromatic N) is 2. The van der Waals surface area contributed by atoms with Crippen molar-refractivity contribution < 1.29 is 0 Å². The summed E-state index contributed by atoms with van der Waals surface area (Å²) in [5, 5.41) is 10.2. The zero-order valence-electron chi connectivity index (χ0n) is 10.2. The van der Waals surface area contributed by atoms with E-state index in [-0.39, 0.29) is 0 Å². The SMILES string of the molecule is C\C(=N/N=C/C=C/c1ccccc1)c1cccs1. The third kappa shape index (κ3) is 3.79. The fourth-order valence-corrected chi connectivity index (χ4v) is 2.08. The van der Waals surface area contributed by atoms with Gasteiger partial charge in [0, 0.05) is 6.21 Å². The van der Waals surface area contributed by atoms with Gasteiger partial charge in [0.05, 0.1) is 10.6 Å². The van der Waals surface area contributed by atoms with Crippen LogP contribution in [-0.4, -0.2) is 11.9 Å². The van der Waals surface area contributed by atoms with E-state index in [2.05, 4.69) is 10.2 Å². The largest absolute Gasteiger partial charge is 0.159 e. The second-order valence-electron chi connectivity index (χ2n) is 3.70. The molecule has 0 radical (unpaired) electrons. The van der Waals surface area contributed by atoms with E-state index in [0.717, 1.165) is 16.2 Å². The Hall–Kier alpha value is -2.00. The lowest BCUT2D eigenvalue weighted by atomic mass is 10.2. The van der Waals surface area contributed by atoms with Crippen molar-refractivity contribution in [3.8, 4) is 0 Å². The van der Waals surface area contributed by atoms with E-state index in [9.17, 15) is 0 Å². The number of hydrogen-bond acceptors (Lipinski definition) is 3. The highest BCUT2D eigenvalue weighted by Crippen LogP contribution is 2.09. The summed E-state index contributed by atoms with van der Waals surface area (Å²) in [5.41, 5.74) is 2.09. The van der Waals surface area contributed by atoms with Crippen LogP contribution in [-0.2, 0) is 0 Å². The van der Waals surface area contributed by atoms with Gasteiger partial charge in [-0.2, -0.15) is 10.2 Å². The maximum Gasteiger partial charge on any atom is 0.0771 e. The maximum absolute atomic E-state index is 4.14. The standard InChI is InChI=1S/C15H14N2S/c1-13(15-10-6-12-18-15)17-16-11-5-9-14-7-3-2-4-8-14/h2-12H,1H3/b9-5+,16-11+,17-13+.